The fraction of sp³-hybridized carbons (Fsp3) is 0.533. The van der Waals surface area contributed by atoms with E-state index >= 15 is 0 Å². The van der Waals surface area contributed by atoms with Crippen molar-refractivity contribution in [3.63, 3.8) is 0 Å². The lowest BCUT2D eigenvalue weighted by molar-refractivity contribution is -0.130. The van der Waals surface area contributed by atoms with Crippen molar-refractivity contribution in [2.45, 2.75) is 19.3 Å². The van der Waals surface area contributed by atoms with Crippen LogP contribution in [-0.2, 0) is 11.2 Å². The van der Waals surface area contributed by atoms with Crippen molar-refractivity contribution in [1.29, 1.82) is 0 Å². The number of hydrogen-bond acceptors (Lipinski definition) is 3. The monoisotopic (exact) mass is 280 g/mol. The van der Waals surface area contributed by atoms with Gasteiger partial charge in [-0.1, -0.05) is 6.07 Å². The highest BCUT2D eigenvalue weighted by molar-refractivity contribution is 5.76. The minimum absolute atomic E-state index is 0.143. The second kappa shape index (κ2) is 7.24. The van der Waals surface area contributed by atoms with Gasteiger partial charge in [-0.3, -0.25) is 4.79 Å². The Hall–Kier alpha value is -1.62. The van der Waals surface area contributed by atoms with Crippen LogP contribution in [0.4, 0.5) is 4.39 Å². The Labute approximate surface area is 118 Å². The van der Waals surface area contributed by atoms with Crippen molar-refractivity contribution in [2.24, 2.45) is 0 Å². The summed E-state index contributed by atoms with van der Waals surface area (Å²) >= 11 is 0. The highest BCUT2D eigenvalue weighted by Crippen LogP contribution is 2.18. The topological polar surface area (TPSA) is 41.6 Å². The van der Waals surface area contributed by atoms with Crippen molar-refractivity contribution in [2.75, 3.05) is 33.3 Å². The SMILES string of the molecule is COc1ccc(CCC(=O)N2CCCNCC2)cc1F. The van der Waals surface area contributed by atoms with Gasteiger partial charge in [0.25, 0.3) is 0 Å². The van der Waals surface area contributed by atoms with E-state index in [1.54, 1.807) is 12.1 Å². The van der Waals surface area contributed by atoms with Crippen molar-refractivity contribution in [3.8, 4) is 5.75 Å². The number of hydrogen-bond donors (Lipinski definition) is 1. The van der Waals surface area contributed by atoms with E-state index < -0.39 is 0 Å². The largest absolute Gasteiger partial charge is 0.494 e. The lowest BCUT2D eigenvalue weighted by atomic mass is 10.1. The fourth-order valence-corrected chi connectivity index (χ4v) is 2.37. The Morgan fingerprint density at radius 3 is 3.00 bits per heavy atom. The number of rotatable bonds is 4. The Balaban J connectivity index is 1.87. The smallest absolute Gasteiger partial charge is 0.222 e. The van der Waals surface area contributed by atoms with Crippen LogP contribution in [-0.4, -0.2) is 44.1 Å². The summed E-state index contributed by atoms with van der Waals surface area (Å²) in [7, 11) is 1.44. The van der Waals surface area contributed by atoms with Crippen molar-refractivity contribution < 1.29 is 13.9 Å². The van der Waals surface area contributed by atoms with E-state index in [1.165, 1.54) is 13.2 Å². The van der Waals surface area contributed by atoms with Crippen LogP contribution in [0.5, 0.6) is 5.75 Å². The molecule has 1 aromatic carbocycles. The molecule has 0 atom stereocenters. The lowest BCUT2D eigenvalue weighted by Crippen LogP contribution is -2.34. The number of amides is 1. The van der Waals surface area contributed by atoms with Gasteiger partial charge >= 0.3 is 0 Å². The maximum absolute atomic E-state index is 13.6. The third kappa shape index (κ3) is 3.93. The number of carbonyl (C=O) groups excluding carboxylic acids is 1. The maximum atomic E-state index is 13.6. The second-order valence-electron chi connectivity index (χ2n) is 4.95. The van der Waals surface area contributed by atoms with Crippen LogP contribution >= 0.6 is 0 Å². The van der Waals surface area contributed by atoms with E-state index in [9.17, 15) is 9.18 Å². The van der Waals surface area contributed by atoms with Gasteiger partial charge in [0.2, 0.25) is 5.91 Å². The number of aryl methyl sites for hydroxylation is 1. The first kappa shape index (κ1) is 14.8. The molecule has 1 aromatic rings. The van der Waals surface area contributed by atoms with Crippen molar-refractivity contribution in [1.82, 2.24) is 10.2 Å². The molecule has 4 nitrogen and oxygen atoms in total. The lowest BCUT2D eigenvalue weighted by Gasteiger charge is -2.19. The first-order valence-corrected chi connectivity index (χ1v) is 7.01. The third-order valence-electron chi connectivity index (χ3n) is 3.54. The molecule has 1 aliphatic heterocycles. The van der Waals surface area contributed by atoms with E-state index in [0.717, 1.165) is 38.2 Å². The van der Waals surface area contributed by atoms with Gasteiger partial charge in [0.15, 0.2) is 11.6 Å². The summed E-state index contributed by atoms with van der Waals surface area (Å²) in [6, 6.07) is 4.85. The van der Waals surface area contributed by atoms with Gasteiger partial charge in [-0.2, -0.15) is 0 Å². The molecule has 1 amide bonds. The van der Waals surface area contributed by atoms with E-state index in [1.807, 2.05) is 4.90 Å². The predicted octanol–water partition coefficient (Wildman–Crippen LogP) is 1.59. The first-order valence-electron chi connectivity index (χ1n) is 7.01. The molecule has 0 unspecified atom stereocenters. The van der Waals surface area contributed by atoms with Crippen LogP contribution in [0.1, 0.15) is 18.4 Å². The molecule has 1 fully saturated rings. The molecular formula is C15H21FN2O2. The number of halogens is 1. The zero-order valence-corrected chi connectivity index (χ0v) is 11.8. The van der Waals surface area contributed by atoms with Gasteiger partial charge in [-0.15, -0.1) is 0 Å². The van der Waals surface area contributed by atoms with Crippen molar-refractivity contribution >= 4 is 5.91 Å². The minimum atomic E-state index is -0.378. The van der Waals surface area contributed by atoms with Crippen LogP contribution < -0.4 is 10.1 Å². The van der Waals surface area contributed by atoms with Gasteiger partial charge < -0.3 is 15.0 Å². The number of carbonyl (C=O) groups is 1. The fourth-order valence-electron chi connectivity index (χ4n) is 2.37. The summed E-state index contributed by atoms with van der Waals surface area (Å²) in [5.41, 5.74) is 0.824. The van der Waals surface area contributed by atoms with Crippen LogP contribution in [0.2, 0.25) is 0 Å². The van der Waals surface area contributed by atoms with E-state index in [-0.39, 0.29) is 17.5 Å². The van der Waals surface area contributed by atoms with E-state index in [0.29, 0.717) is 12.8 Å². The molecule has 0 spiro atoms. The third-order valence-corrected chi connectivity index (χ3v) is 3.54. The molecule has 5 heteroatoms. The summed E-state index contributed by atoms with van der Waals surface area (Å²) < 4.78 is 18.4. The quantitative estimate of drug-likeness (QED) is 0.910. The number of ether oxygens (including phenoxy) is 1. The Morgan fingerprint density at radius 2 is 2.25 bits per heavy atom. The predicted molar refractivity (Wildman–Crippen MR) is 75.3 cm³/mol. The molecule has 0 radical (unpaired) electrons. The van der Waals surface area contributed by atoms with Gasteiger partial charge in [0.1, 0.15) is 0 Å². The molecule has 0 saturated carbocycles. The zero-order valence-electron chi connectivity index (χ0n) is 11.8. The number of benzene rings is 1. The Kier molecular flexibility index (Phi) is 5.35. The summed E-state index contributed by atoms with van der Waals surface area (Å²) in [5.74, 6) is 0.0000155. The van der Waals surface area contributed by atoms with Gasteiger partial charge in [0, 0.05) is 26.1 Å². The zero-order chi connectivity index (χ0) is 14.4. The van der Waals surface area contributed by atoms with Crippen molar-refractivity contribution in [3.05, 3.63) is 29.6 Å². The van der Waals surface area contributed by atoms with Gasteiger partial charge in [0.05, 0.1) is 7.11 Å². The molecule has 1 saturated heterocycles. The summed E-state index contributed by atoms with van der Waals surface area (Å²) in [5, 5.41) is 3.27. The molecule has 1 heterocycles. The van der Waals surface area contributed by atoms with Crippen LogP contribution in [0.25, 0.3) is 0 Å². The number of nitrogens with one attached hydrogen (secondary N) is 1. The molecule has 0 aliphatic carbocycles. The highest BCUT2D eigenvalue weighted by Gasteiger charge is 2.15. The second-order valence-corrected chi connectivity index (χ2v) is 4.95. The van der Waals surface area contributed by atoms with Crippen LogP contribution in [0.3, 0.4) is 0 Å². The van der Waals surface area contributed by atoms with Crippen LogP contribution in [0.15, 0.2) is 18.2 Å². The Bertz CT molecular complexity index is 457. The standard InChI is InChI=1S/C15H21FN2O2/c1-20-14-5-3-12(11-13(14)16)4-6-15(19)18-9-2-7-17-8-10-18/h3,5,11,17H,2,4,6-10H2,1H3. The van der Waals surface area contributed by atoms with E-state index in [4.69, 9.17) is 4.74 Å². The molecule has 110 valence electrons. The molecule has 0 aromatic heterocycles. The maximum Gasteiger partial charge on any atom is 0.222 e. The normalized spacial score (nSPS) is 15.8. The molecule has 1 N–H and O–H groups in total. The Morgan fingerprint density at radius 1 is 1.40 bits per heavy atom. The molecule has 2 rings (SSSR count). The van der Waals surface area contributed by atoms with E-state index in [2.05, 4.69) is 5.32 Å². The van der Waals surface area contributed by atoms with Gasteiger partial charge in [-0.25, -0.2) is 4.39 Å². The molecule has 0 bridgehead atoms. The molecular weight excluding hydrogens is 259 g/mol. The first-order chi connectivity index (χ1) is 9.70. The molecule has 20 heavy (non-hydrogen) atoms. The molecule has 1 aliphatic rings. The average molecular weight is 280 g/mol. The summed E-state index contributed by atoms with van der Waals surface area (Å²) in [6.45, 7) is 3.38. The average Bonchev–Trinajstić information content (AvgIpc) is 2.74. The van der Waals surface area contributed by atoms with Gasteiger partial charge in [-0.05, 0) is 37.1 Å². The number of nitrogens with zero attached hydrogens (tertiary/aromatic N) is 1. The summed E-state index contributed by atoms with van der Waals surface area (Å²) in [4.78, 5) is 14.0. The highest BCUT2D eigenvalue weighted by atomic mass is 19.1. The van der Waals surface area contributed by atoms with Crippen LogP contribution in [0, 0.1) is 5.82 Å². The number of methoxy groups -OCH3 is 1. The minimum Gasteiger partial charge on any atom is -0.494 e. The summed E-state index contributed by atoms with van der Waals surface area (Å²) in [6.07, 6.45) is 1.97.